The molecule has 8 nitrogen and oxygen atoms in total. The Bertz CT molecular complexity index is 845. The number of primary amides is 1. The Balaban J connectivity index is 1.84. The summed E-state index contributed by atoms with van der Waals surface area (Å²) in [7, 11) is 0. The molecule has 3 N–H and O–H groups in total. The van der Waals surface area contributed by atoms with Crippen molar-refractivity contribution in [3.63, 3.8) is 0 Å². The van der Waals surface area contributed by atoms with Crippen LogP contribution in [0.2, 0.25) is 0 Å². The van der Waals surface area contributed by atoms with E-state index in [0.29, 0.717) is 17.8 Å². The molecule has 3 rings (SSSR count). The Morgan fingerprint density at radius 3 is 2.82 bits per heavy atom. The van der Waals surface area contributed by atoms with Crippen LogP contribution in [0.25, 0.3) is 5.57 Å². The lowest BCUT2D eigenvalue weighted by Gasteiger charge is -2.38. The zero-order valence-electron chi connectivity index (χ0n) is 15.7. The third-order valence-electron chi connectivity index (χ3n) is 4.73. The molecule has 1 aliphatic carbocycles. The molecule has 1 unspecified atom stereocenters. The number of allylic oxidation sites excluding steroid dienone is 4. The normalized spacial score (nSPS) is 24.9. The van der Waals surface area contributed by atoms with E-state index < -0.39 is 36.0 Å². The summed E-state index contributed by atoms with van der Waals surface area (Å²) < 4.78 is 18.5. The van der Waals surface area contributed by atoms with Gasteiger partial charge in [-0.1, -0.05) is 31.2 Å². The van der Waals surface area contributed by atoms with Crippen molar-refractivity contribution in [2.45, 2.75) is 44.9 Å². The maximum atomic E-state index is 13.2. The molecule has 1 aliphatic heterocycles. The van der Waals surface area contributed by atoms with E-state index in [1.54, 1.807) is 12.2 Å². The molecule has 2 aliphatic rings. The molecular formula is C19H23FN4O4. The highest BCUT2D eigenvalue weighted by atomic mass is 19.1. The van der Waals surface area contributed by atoms with Crippen molar-refractivity contribution in [3.8, 4) is 0 Å². The summed E-state index contributed by atoms with van der Waals surface area (Å²) in [5, 5.41) is 6.38. The van der Waals surface area contributed by atoms with E-state index in [0.717, 1.165) is 0 Å². The fourth-order valence-corrected chi connectivity index (χ4v) is 3.28. The Kier molecular flexibility index (Phi) is 5.62. The quantitative estimate of drug-likeness (QED) is 0.783. The third kappa shape index (κ3) is 4.13. The molecule has 1 fully saturated rings. The van der Waals surface area contributed by atoms with E-state index in [1.165, 1.54) is 17.0 Å². The molecule has 2 heterocycles. The summed E-state index contributed by atoms with van der Waals surface area (Å²) >= 11 is 0. The van der Waals surface area contributed by atoms with Crippen LogP contribution in [0.5, 0.6) is 0 Å². The lowest BCUT2D eigenvalue weighted by atomic mass is 9.97. The summed E-state index contributed by atoms with van der Waals surface area (Å²) in [5.41, 5.74) is 5.96. The largest absolute Gasteiger partial charge is 0.368 e. The van der Waals surface area contributed by atoms with Gasteiger partial charge in [-0.15, -0.1) is 0 Å². The molecular weight excluding hydrogens is 367 g/mol. The number of hydrogen-bond acceptors (Lipinski definition) is 5. The number of nitrogens with zero attached hydrogens (tertiary/aromatic N) is 2. The van der Waals surface area contributed by atoms with Gasteiger partial charge in [-0.3, -0.25) is 14.4 Å². The van der Waals surface area contributed by atoms with Gasteiger partial charge in [-0.05, 0) is 18.4 Å². The average Bonchev–Trinajstić information content (AvgIpc) is 3.13. The van der Waals surface area contributed by atoms with Crippen LogP contribution in [0.3, 0.4) is 0 Å². The van der Waals surface area contributed by atoms with Crippen molar-refractivity contribution in [1.29, 1.82) is 0 Å². The van der Waals surface area contributed by atoms with Crippen molar-refractivity contribution in [2.24, 2.45) is 11.7 Å². The van der Waals surface area contributed by atoms with E-state index in [-0.39, 0.29) is 24.6 Å². The molecule has 0 radical (unpaired) electrons. The van der Waals surface area contributed by atoms with Crippen molar-refractivity contribution < 1.29 is 23.3 Å². The topological polar surface area (TPSA) is 119 Å². The number of carbonyl (C=O) groups is 3. The van der Waals surface area contributed by atoms with Gasteiger partial charge in [-0.25, -0.2) is 4.39 Å². The smallest absolute Gasteiger partial charge is 0.276 e. The molecule has 1 aromatic rings. The minimum absolute atomic E-state index is 0.0124. The maximum absolute atomic E-state index is 13.2. The number of alkyl halides is 1. The van der Waals surface area contributed by atoms with Crippen LogP contribution >= 0.6 is 0 Å². The molecule has 0 aromatic carbocycles. The number of amides is 3. The first-order valence-corrected chi connectivity index (χ1v) is 9.16. The number of halogens is 1. The first kappa shape index (κ1) is 19.8. The summed E-state index contributed by atoms with van der Waals surface area (Å²) in [6, 6.07) is -0.240. The second-order valence-corrected chi connectivity index (χ2v) is 7.41. The molecule has 28 heavy (non-hydrogen) atoms. The van der Waals surface area contributed by atoms with E-state index in [9.17, 15) is 18.8 Å². The number of nitrogens with two attached hydrogens (primary N) is 1. The van der Waals surface area contributed by atoms with E-state index in [1.807, 2.05) is 13.8 Å². The summed E-state index contributed by atoms with van der Waals surface area (Å²) in [6.07, 6.45) is 4.26. The van der Waals surface area contributed by atoms with Gasteiger partial charge >= 0.3 is 0 Å². The van der Waals surface area contributed by atoms with E-state index in [2.05, 4.69) is 10.5 Å². The van der Waals surface area contributed by atoms with Gasteiger partial charge in [0.15, 0.2) is 11.5 Å². The number of hydrogen-bond donors (Lipinski definition) is 2. The molecule has 3 atom stereocenters. The number of nitrogens with one attached hydrogen (secondary N) is 1. The molecule has 0 bridgehead atoms. The van der Waals surface area contributed by atoms with Crippen LogP contribution in [-0.4, -0.2) is 52.6 Å². The van der Waals surface area contributed by atoms with Crippen molar-refractivity contribution in [3.05, 3.63) is 35.7 Å². The predicted molar refractivity (Wildman–Crippen MR) is 98.5 cm³/mol. The number of carbonyl (C=O) groups excluding carboxylic acids is 3. The Morgan fingerprint density at radius 2 is 2.21 bits per heavy atom. The van der Waals surface area contributed by atoms with Crippen LogP contribution < -0.4 is 11.1 Å². The van der Waals surface area contributed by atoms with Crippen molar-refractivity contribution in [2.75, 3.05) is 6.54 Å². The van der Waals surface area contributed by atoms with Gasteiger partial charge in [0.05, 0.1) is 6.54 Å². The summed E-state index contributed by atoms with van der Waals surface area (Å²) in [4.78, 5) is 38.4. The van der Waals surface area contributed by atoms with Crippen molar-refractivity contribution >= 4 is 23.3 Å². The minimum Gasteiger partial charge on any atom is -0.368 e. The highest BCUT2D eigenvalue weighted by molar-refractivity contribution is 5.99. The second kappa shape index (κ2) is 7.95. The monoisotopic (exact) mass is 390 g/mol. The SMILES string of the molecule is CC(C)C[C@H]1C(=O)N[C@@H](C(N)=O)CN1C(=O)c1cc(C2=CCC(F)C=C2)on1. The fraction of sp³-hybridized carbons (Fsp3) is 0.474. The van der Waals surface area contributed by atoms with E-state index in [4.69, 9.17) is 10.3 Å². The molecule has 9 heteroatoms. The van der Waals surface area contributed by atoms with Crippen LogP contribution in [0, 0.1) is 5.92 Å². The number of rotatable bonds is 5. The predicted octanol–water partition coefficient (Wildman–Crippen LogP) is 1.20. The second-order valence-electron chi connectivity index (χ2n) is 7.41. The maximum Gasteiger partial charge on any atom is 0.276 e. The first-order valence-electron chi connectivity index (χ1n) is 9.16. The van der Waals surface area contributed by atoms with Crippen LogP contribution in [-0.2, 0) is 9.59 Å². The van der Waals surface area contributed by atoms with Crippen LogP contribution in [0.15, 0.2) is 28.8 Å². The zero-order chi connectivity index (χ0) is 20.4. The third-order valence-corrected chi connectivity index (χ3v) is 4.73. The Morgan fingerprint density at radius 1 is 1.46 bits per heavy atom. The highest BCUT2D eigenvalue weighted by Gasteiger charge is 2.40. The van der Waals surface area contributed by atoms with Gasteiger partial charge in [0.1, 0.15) is 18.3 Å². The van der Waals surface area contributed by atoms with Crippen LogP contribution in [0.4, 0.5) is 4.39 Å². The molecule has 150 valence electrons. The van der Waals surface area contributed by atoms with E-state index >= 15 is 0 Å². The minimum atomic E-state index is -1.04. The molecule has 0 spiro atoms. The lowest BCUT2D eigenvalue weighted by molar-refractivity contribution is -0.135. The van der Waals surface area contributed by atoms with Crippen LogP contribution in [0.1, 0.15) is 42.9 Å². The first-order chi connectivity index (χ1) is 13.3. The summed E-state index contributed by atoms with van der Waals surface area (Å²) in [5.74, 6) is -1.18. The zero-order valence-corrected chi connectivity index (χ0v) is 15.7. The van der Waals surface area contributed by atoms with Gasteiger partial charge < -0.3 is 20.5 Å². The van der Waals surface area contributed by atoms with Gasteiger partial charge in [0.25, 0.3) is 5.91 Å². The van der Waals surface area contributed by atoms with Gasteiger partial charge in [0.2, 0.25) is 11.8 Å². The Hall–Kier alpha value is -2.97. The molecule has 3 amide bonds. The van der Waals surface area contributed by atoms with Gasteiger partial charge in [0, 0.05) is 18.1 Å². The lowest BCUT2D eigenvalue weighted by Crippen LogP contribution is -2.65. The Labute approximate surface area is 161 Å². The molecule has 1 aromatic heterocycles. The fourth-order valence-electron chi connectivity index (χ4n) is 3.28. The van der Waals surface area contributed by atoms with Crippen molar-refractivity contribution in [1.82, 2.24) is 15.4 Å². The standard InChI is InChI=1S/C19H23FN4O4/c1-10(2)7-15-18(26)22-14(17(21)25)9-24(15)19(27)13-8-16(28-23-13)11-3-5-12(20)6-4-11/h3-5,8,10,12,14-15H,6-7,9H2,1-2H3,(H2,21,25)(H,22,26)/t12?,14-,15+/m1/s1. The number of piperazine rings is 1. The highest BCUT2D eigenvalue weighted by Crippen LogP contribution is 2.25. The molecule has 0 saturated carbocycles. The summed E-state index contributed by atoms with van der Waals surface area (Å²) in [6.45, 7) is 3.83. The average molecular weight is 390 g/mol. The molecule has 1 saturated heterocycles. The number of aromatic nitrogens is 1. The van der Waals surface area contributed by atoms with Gasteiger partial charge in [-0.2, -0.15) is 0 Å².